The molecule has 3 aromatic rings. The van der Waals surface area contributed by atoms with Crippen molar-refractivity contribution in [3.8, 4) is 0 Å². The van der Waals surface area contributed by atoms with Gasteiger partial charge >= 0.3 is 0 Å². The second-order valence-corrected chi connectivity index (χ2v) is 6.43. The number of halogens is 1. The van der Waals surface area contributed by atoms with Crippen LogP contribution in [0.25, 0.3) is 11.2 Å². The fourth-order valence-electron chi connectivity index (χ4n) is 2.70. The van der Waals surface area contributed by atoms with E-state index in [0.29, 0.717) is 5.88 Å². The zero-order chi connectivity index (χ0) is 14.8. The first-order valence-corrected chi connectivity index (χ1v) is 8.59. The molecule has 0 radical (unpaired) electrons. The molecule has 3 aromatic heterocycles. The fourth-order valence-corrected chi connectivity index (χ4v) is 3.77. The Morgan fingerprint density at radius 3 is 2.81 bits per heavy atom. The van der Waals surface area contributed by atoms with E-state index >= 15 is 0 Å². The Balaban J connectivity index is 2.22. The molecule has 0 amide bonds. The molecule has 21 heavy (non-hydrogen) atoms. The Kier molecular flexibility index (Phi) is 4.27. The highest BCUT2D eigenvalue weighted by Crippen LogP contribution is 2.31. The molecular weight excluding hydrogens is 302 g/mol. The summed E-state index contributed by atoms with van der Waals surface area (Å²) in [7, 11) is 0. The van der Waals surface area contributed by atoms with Gasteiger partial charge in [-0.15, -0.1) is 22.9 Å². The minimum atomic E-state index is 0.280. The molecule has 0 N–H and O–H groups in total. The standard InChI is InChI=1S/C16H18ClN3S/c1-3-13(14-5-4-10-21-14)20-15(8-9-17)19-12-7-6-11(2)18-16(12)20/h4-7,10,13H,3,8-9H2,1-2H3. The average Bonchev–Trinajstić information content (AvgIpc) is 3.10. The van der Waals surface area contributed by atoms with Crippen LogP contribution in [0.2, 0.25) is 0 Å². The third kappa shape index (κ3) is 2.70. The number of alkyl halides is 1. The highest BCUT2D eigenvalue weighted by Gasteiger charge is 2.21. The van der Waals surface area contributed by atoms with Gasteiger partial charge in [0.25, 0.3) is 0 Å². The Morgan fingerprint density at radius 1 is 1.29 bits per heavy atom. The maximum Gasteiger partial charge on any atom is 0.160 e. The second-order valence-electron chi connectivity index (χ2n) is 5.07. The van der Waals surface area contributed by atoms with Gasteiger partial charge in [0.15, 0.2) is 5.65 Å². The van der Waals surface area contributed by atoms with Crippen molar-refractivity contribution in [2.24, 2.45) is 0 Å². The normalized spacial score (nSPS) is 12.9. The predicted octanol–water partition coefficient (Wildman–Crippen LogP) is 4.58. The highest BCUT2D eigenvalue weighted by molar-refractivity contribution is 7.10. The summed E-state index contributed by atoms with van der Waals surface area (Å²) in [6, 6.07) is 8.62. The molecule has 5 heteroatoms. The molecule has 0 aliphatic carbocycles. The molecule has 3 heterocycles. The number of hydrogen-bond donors (Lipinski definition) is 0. The van der Waals surface area contributed by atoms with Gasteiger partial charge in [0.1, 0.15) is 11.3 Å². The lowest BCUT2D eigenvalue weighted by atomic mass is 10.1. The van der Waals surface area contributed by atoms with E-state index in [1.807, 2.05) is 19.1 Å². The Morgan fingerprint density at radius 2 is 2.14 bits per heavy atom. The van der Waals surface area contributed by atoms with E-state index in [2.05, 4.69) is 29.0 Å². The molecular formula is C16H18ClN3S. The lowest BCUT2D eigenvalue weighted by molar-refractivity contribution is 0.563. The molecule has 0 fully saturated rings. The van der Waals surface area contributed by atoms with Crippen molar-refractivity contribution in [1.29, 1.82) is 0 Å². The molecule has 0 spiro atoms. The molecule has 3 nitrogen and oxygen atoms in total. The summed E-state index contributed by atoms with van der Waals surface area (Å²) in [5, 5.41) is 2.12. The van der Waals surface area contributed by atoms with E-state index in [1.54, 1.807) is 11.3 Å². The third-order valence-electron chi connectivity index (χ3n) is 3.64. The Bertz CT molecular complexity index is 733. The summed E-state index contributed by atoms with van der Waals surface area (Å²) in [4.78, 5) is 10.8. The van der Waals surface area contributed by atoms with Gasteiger partial charge in [-0.2, -0.15) is 0 Å². The van der Waals surface area contributed by atoms with Crippen molar-refractivity contribution in [3.05, 3.63) is 46.0 Å². The number of imidazole rings is 1. The van der Waals surface area contributed by atoms with Crippen molar-refractivity contribution in [1.82, 2.24) is 14.5 Å². The van der Waals surface area contributed by atoms with Gasteiger partial charge in [0.05, 0.1) is 6.04 Å². The quantitative estimate of drug-likeness (QED) is 0.644. The van der Waals surface area contributed by atoms with Crippen molar-refractivity contribution in [3.63, 3.8) is 0 Å². The summed E-state index contributed by atoms with van der Waals surface area (Å²) in [5.41, 5.74) is 2.94. The Labute approximate surface area is 133 Å². The topological polar surface area (TPSA) is 30.7 Å². The molecule has 110 valence electrons. The van der Waals surface area contributed by atoms with E-state index in [-0.39, 0.29) is 6.04 Å². The maximum atomic E-state index is 5.97. The van der Waals surface area contributed by atoms with Crippen LogP contribution in [0.4, 0.5) is 0 Å². The van der Waals surface area contributed by atoms with E-state index in [0.717, 1.165) is 35.5 Å². The molecule has 0 saturated carbocycles. The lowest BCUT2D eigenvalue weighted by Crippen LogP contribution is -2.13. The van der Waals surface area contributed by atoms with Gasteiger partial charge in [-0.25, -0.2) is 9.97 Å². The summed E-state index contributed by atoms with van der Waals surface area (Å²) in [5.74, 6) is 1.60. The molecule has 1 atom stereocenters. The Hall–Kier alpha value is -1.39. The smallest absolute Gasteiger partial charge is 0.160 e. The van der Waals surface area contributed by atoms with E-state index in [9.17, 15) is 0 Å². The van der Waals surface area contributed by atoms with Crippen LogP contribution in [-0.4, -0.2) is 20.4 Å². The molecule has 1 unspecified atom stereocenters. The van der Waals surface area contributed by atoms with Gasteiger partial charge in [-0.1, -0.05) is 13.0 Å². The zero-order valence-corrected chi connectivity index (χ0v) is 13.8. The number of aromatic nitrogens is 3. The van der Waals surface area contributed by atoms with Gasteiger partial charge in [0, 0.05) is 22.9 Å². The number of nitrogens with zero attached hydrogens (tertiary/aromatic N) is 3. The van der Waals surface area contributed by atoms with Crippen LogP contribution in [0, 0.1) is 6.92 Å². The first-order chi connectivity index (χ1) is 10.2. The van der Waals surface area contributed by atoms with Crippen molar-refractivity contribution in [2.75, 3.05) is 5.88 Å². The van der Waals surface area contributed by atoms with Crippen LogP contribution in [0.3, 0.4) is 0 Å². The van der Waals surface area contributed by atoms with Crippen molar-refractivity contribution in [2.45, 2.75) is 32.7 Å². The number of hydrogen-bond acceptors (Lipinski definition) is 3. The van der Waals surface area contributed by atoms with Crippen LogP contribution in [0.5, 0.6) is 0 Å². The number of aryl methyl sites for hydroxylation is 2. The van der Waals surface area contributed by atoms with Crippen LogP contribution < -0.4 is 0 Å². The van der Waals surface area contributed by atoms with E-state index < -0.39 is 0 Å². The van der Waals surface area contributed by atoms with Crippen LogP contribution in [-0.2, 0) is 6.42 Å². The zero-order valence-electron chi connectivity index (χ0n) is 12.2. The van der Waals surface area contributed by atoms with Gasteiger partial charge in [0.2, 0.25) is 0 Å². The molecule has 0 saturated heterocycles. The summed E-state index contributed by atoms with van der Waals surface area (Å²) in [6.45, 7) is 4.22. The summed E-state index contributed by atoms with van der Waals surface area (Å²) < 4.78 is 2.27. The summed E-state index contributed by atoms with van der Waals surface area (Å²) >= 11 is 7.75. The third-order valence-corrected chi connectivity index (χ3v) is 4.80. The van der Waals surface area contributed by atoms with E-state index in [4.69, 9.17) is 21.6 Å². The van der Waals surface area contributed by atoms with Gasteiger partial charge in [-0.05, 0) is 36.9 Å². The fraction of sp³-hybridized carbons (Fsp3) is 0.375. The number of rotatable bonds is 5. The first kappa shape index (κ1) is 14.5. The highest BCUT2D eigenvalue weighted by atomic mass is 35.5. The predicted molar refractivity (Wildman–Crippen MR) is 89.4 cm³/mol. The van der Waals surface area contributed by atoms with Gasteiger partial charge < -0.3 is 4.57 Å². The van der Waals surface area contributed by atoms with Crippen LogP contribution in [0.1, 0.15) is 35.8 Å². The average molecular weight is 320 g/mol. The minimum Gasteiger partial charge on any atom is -0.304 e. The summed E-state index contributed by atoms with van der Waals surface area (Å²) in [6.07, 6.45) is 1.77. The molecule has 0 bridgehead atoms. The SMILES string of the molecule is CCC(c1cccs1)n1c(CCCl)nc2ccc(C)nc21. The number of thiophene rings is 1. The van der Waals surface area contributed by atoms with Gasteiger partial charge in [-0.3, -0.25) is 0 Å². The molecule has 3 rings (SSSR count). The van der Waals surface area contributed by atoms with Crippen molar-refractivity contribution >= 4 is 34.1 Å². The largest absolute Gasteiger partial charge is 0.304 e. The maximum absolute atomic E-state index is 5.97. The second kappa shape index (κ2) is 6.16. The number of pyridine rings is 1. The van der Waals surface area contributed by atoms with Crippen LogP contribution in [0.15, 0.2) is 29.6 Å². The first-order valence-electron chi connectivity index (χ1n) is 7.18. The molecule has 0 aliphatic heterocycles. The molecule has 0 aliphatic rings. The molecule has 0 aromatic carbocycles. The van der Waals surface area contributed by atoms with Crippen molar-refractivity contribution < 1.29 is 0 Å². The minimum absolute atomic E-state index is 0.280. The number of fused-ring (bicyclic) bond motifs is 1. The van der Waals surface area contributed by atoms with Crippen LogP contribution >= 0.6 is 22.9 Å². The monoisotopic (exact) mass is 319 g/mol. The van der Waals surface area contributed by atoms with E-state index in [1.165, 1.54) is 4.88 Å². The lowest BCUT2D eigenvalue weighted by Gasteiger charge is -2.18.